The molecule has 2 heterocycles. The summed E-state index contributed by atoms with van der Waals surface area (Å²) in [5.41, 5.74) is 0.148. The first-order valence-corrected chi connectivity index (χ1v) is 7.82. The van der Waals surface area contributed by atoms with Crippen molar-refractivity contribution in [2.75, 3.05) is 17.2 Å². The molecule has 0 radical (unpaired) electrons. The van der Waals surface area contributed by atoms with Crippen LogP contribution in [0.4, 0.5) is 5.82 Å². The number of carbonyl (C=O) groups excluding carboxylic acids is 1. The summed E-state index contributed by atoms with van der Waals surface area (Å²) in [5.74, 6) is -0.532. The number of carbonyl (C=O) groups is 1. The number of nitriles is 1. The van der Waals surface area contributed by atoms with Crippen LogP contribution in [0, 0.1) is 17.2 Å². The molecule has 0 aliphatic carbocycles. The smallest absolute Gasteiger partial charge is 0.232 e. The Morgan fingerprint density at radius 2 is 2.21 bits per heavy atom. The molecule has 1 amide bonds. The fourth-order valence-corrected chi connectivity index (χ4v) is 3.24. The second kappa shape index (κ2) is 5.11. The zero-order valence-electron chi connectivity index (χ0n) is 9.65. The van der Waals surface area contributed by atoms with E-state index in [2.05, 4.69) is 9.97 Å². The summed E-state index contributed by atoms with van der Waals surface area (Å²) >= 11 is 0. The summed E-state index contributed by atoms with van der Waals surface area (Å²) < 4.78 is 22.0. The van der Waals surface area contributed by atoms with E-state index in [0.717, 1.165) is 0 Å². The van der Waals surface area contributed by atoms with Crippen molar-refractivity contribution in [2.45, 2.75) is 6.42 Å². The van der Waals surface area contributed by atoms with Crippen LogP contribution in [0.5, 0.6) is 0 Å². The lowest BCUT2D eigenvalue weighted by Crippen LogP contribution is -2.26. The summed E-state index contributed by atoms with van der Waals surface area (Å²) in [6.07, 6.45) is 2.68. The minimum Gasteiger partial charge on any atom is -0.295 e. The Bertz CT molecular complexity index is 638. The fraction of sp³-hybridized carbons (Fsp3) is 0.400. The van der Waals surface area contributed by atoms with Crippen LogP contribution in [-0.4, -0.2) is 36.6 Å². The van der Waals surface area contributed by atoms with Crippen LogP contribution in [0.2, 0.25) is 0 Å². The molecule has 1 atom stereocenters. The fourth-order valence-electron chi connectivity index (χ4n) is 1.91. The van der Waals surface area contributed by atoms with Gasteiger partial charge in [-0.15, -0.1) is 0 Å². The van der Waals surface area contributed by atoms with Crippen molar-refractivity contribution in [1.82, 2.24) is 9.97 Å². The Morgan fingerprint density at radius 3 is 2.74 bits per heavy atom. The Labute approximate surface area is 114 Å². The second-order valence-electron chi connectivity index (χ2n) is 4.15. The minimum atomic E-state index is -3.63. The Balaban J connectivity index is 2.13. The monoisotopic (exact) mass is 300 g/mol. The number of nitrogens with zero attached hydrogens (tertiary/aromatic N) is 4. The van der Waals surface area contributed by atoms with Gasteiger partial charge in [-0.1, -0.05) is 0 Å². The van der Waals surface area contributed by atoms with Gasteiger partial charge in [0.05, 0.1) is 18.1 Å². The van der Waals surface area contributed by atoms with Crippen LogP contribution in [0.1, 0.15) is 12.1 Å². The van der Waals surface area contributed by atoms with Crippen LogP contribution in [0.3, 0.4) is 0 Å². The molecule has 1 fully saturated rings. The summed E-state index contributed by atoms with van der Waals surface area (Å²) in [7, 11) is 1.54. The van der Waals surface area contributed by atoms with Gasteiger partial charge in [-0.3, -0.25) is 9.69 Å². The van der Waals surface area contributed by atoms with Crippen LogP contribution in [0.15, 0.2) is 12.4 Å². The van der Waals surface area contributed by atoms with Gasteiger partial charge in [0.25, 0.3) is 0 Å². The van der Waals surface area contributed by atoms with E-state index in [0.29, 0.717) is 5.82 Å². The van der Waals surface area contributed by atoms with E-state index in [-0.39, 0.29) is 36.2 Å². The SMILES string of the molecule is N#Cc1cnc(N2CC(CS(=O)(=O)Cl)CC2=O)cn1. The number of rotatable bonds is 3. The molecule has 2 rings (SSSR count). The average molecular weight is 301 g/mol. The molecule has 7 nitrogen and oxygen atoms in total. The quantitative estimate of drug-likeness (QED) is 0.742. The normalized spacial score (nSPS) is 19.5. The topological polar surface area (TPSA) is 104 Å². The maximum absolute atomic E-state index is 11.8. The number of amides is 1. The van der Waals surface area contributed by atoms with Crippen LogP contribution in [0.25, 0.3) is 0 Å². The van der Waals surface area contributed by atoms with Crippen LogP contribution < -0.4 is 4.90 Å². The molecular formula is C10H9ClN4O3S. The largest absolute Gasteiger partial charge is 0.295 e. The van der Waals surface area contributed by atoms with E-state index >= 15 is 0 Å². The highest BCUT2D eigenvalue weighted by molar-refractivity contribution is 8.13. The summed E-state index contributed by atoms with van der Waals surface area (Å²) in [5, 5.41) is 8.60. The highest BCUT2D eigenvalue weighted by atomic mass is 35.7. The zero-order valence-corrected chi connectivity index (χ0v) is 11.2. The Morgan fingerprint density at radius 1 is 1.47 bits per heavy atom. The molecule has 1 aliphatic rings. The van der Waals surface area contributed by atoms with Crippen molar-refractivity contribution in [2.24, 2.45) is 5.92 Å². The van der Waals surface area contributed by atoms with Gasteiger partial charge in [-0.05, 0) is 0 Å². The van der Waals surface area contributed by atoms with E-state index in [9.17, 15) is 13.2 Å². The molecule has 0 N–H and O–H groups in total. The van der Waals surface area contributed by atoms with Gasteiger partial charge >= 0.3 is 0 Å². The number of hydrogen-bond donors (Lipinski definition) is 0. The van der Waals surface area contributed by atoms with E-state index in [1.54, 1.807) is 0 Å². The van der Waals surface area contributed by atoms with Gasteiger partial charge in [-0.2, -0.15) is 5.26 Å². The molecule has 19 heavy (non-hydrogen) atoms. The summed E-state index contributed by atoms with van der Waals surface area (Å²) in [4.78, 5) is 20.9. The van der Waals surface area contributed by atoms with Crippen molar-refractivity contribution < 1.29 is 13.2 Å². The van der Waals surface area contributed by atoms with Crippen molar-refractivity contribution >= 4 is 31.5 Å². The number of aromatic nitrogens is 2. The van der Waals surface area contributed by atoms with Gasteiger partial charge < -0.3 is 0 Å². The van der Waals surface area contributed by atoms with Gasteiger partial charge in [-0.25, -0.2) is 18.4 Å². The highest BCUT2D eigenvalue weighted by Crippen LogP contribution is 2.24. The predicted octanol–water partition coefficient (Wildman–Crippen LogP) is 0.270. The van der Waals surface area contributed by atoms with Crippen molar-refractivity contribution in [3.05, 3.63) is 18.1 Å². The molecule has 1 unspecified atom stereocenters. The minimum absolute atomic E-state index is 0.105. The summed E-state index contributed by atoms with van der Waals surface area (Å²) in [6.45, 7) is 0.228. The molecule has 0 aromatic carbocycles. The van der Waals surface area contributed by atoms with Crippen LogP contribution in [-0.2, 0) is 13.8 Å². The highest BCUT2D eigenvalue weighted by Gasteiger charge is 2.33. The van der Waals surface area contributed by atoms with E-state index in [1.165, 1.54) is 17.3 Å². The molecule has 100 valence electrons. The molecule has 0 saturated carbocycles. The Kier molecular flexibility index (Phi) is 3.68. The molecule has 1 aromatic rings. The molecule has 0 spiro atoms. The first-order valence-electron chi connectivity index (χ1n) is 5.34. The van der Waals surface area contributed by atoms with Crippen molar-refractivity contribution in [1.29, 1.82) is 5.26 Å². The first kappa shape index (κ1) is 13.7. The maximum Gasteiger partial charge on any atom is 0.232 e. The number of hydrogen-bond acceptors (Lipinski definition) is 6. The van der Waals surface area contributed by atoms with E-state index < -0.39 is 9.05 Å². The third-order valence-corrected chi connectivity index (χ3v) is 3.92. The van der Waals surface area contributed by atoms with Gasteiger partial charge in [0.2, 0.25) is 15.0 Å². The standard InChI is InChI=1S/C10H9ClN4O3S/c11-19(17,18)6-7-1-10(16)15(5-7)9-4-13-8(2-12)3-14-9/h3-4,7H,1,5-6H2. The first-order chi connectivity index (χ1) is 8.89. The predicted molar refractivity (Wildman–Crippen MR) is 66.8 cm³/mol. The number of halogens is 1. The second-order valence-corrected chi connectivity index (χ2v) is 6.97. The average Bonchev–Trinajstić information content (AvgIpc) is 2.68. The third kappa shape index (κ3) is 3.39. The molecule has 1 aliphatic heterocycles. The lowest BCUT2D eigenvalue weighted by Gasteiger charge is -2.14. The van der Waals surface area contributed by atoms with Crippen molar-refractivity contribution in [3.8, 4) is 6.07 Å². The van der Waals surface area contributed by atoms with E-state index in [1.807, 2.05) is 6.07 Å². The maximum atomic E-state index is 11.8. The molecule has 9 heteroatoms. The van der Waals surface area contributed by atoms with E-state index in [4.69, 9.17) is 15.9 Å². The van der Waals surface area contributed by atoms with Gasteiger partial charge in [0.1, 0.15) is 6.07 Å². The Hall–Kier alpha value is -1.72. The molecular weight excluding hydrogens is 292 g/mol. The van der Waals surface area contributed by atoms with Gasteiger partial charge in [0.15, 0.2) is 11.5 Å². The van der Waals surface area contributed by atoms with Crippen molar-refractivity contribution in [3.63, 3.8) is 0 Å². The van der Waals surface area contributed by atoms with Crippen LogP contribution >= 0.6 is 10.7 Å². The lowest BCUT2D eigenvalue weighted by atomic mass is 10.1. The summed E-state index contributed by atoms with van der Waals surface area (Å²) in [6, 6.07) is 1.82. The third-order valence-electron chi connectivity index (χ3n) is 2.67. The molecule has 0 bridgehead atoms. The molecule has 1 saturated heterocycles. The zero-order chi connectivity index (χ0) is 14.0. The lowest BCUT2D eigenvalue weighted by molar-refractivity contribution is -0.117. The van der Waals surface area contributed by atoms with Gasteiger partial charge in [0, 0.05) is 29.6 Å². The number of anilines is 1. The molecule has 1 aromatic heterocycles.